The van der Waals surface area contributed by atoms with Crippen LogP contribution in [0.15, 0.2) is 0 Å². The van der Waals surface area contributed by atoms with Crippen LogP contribution in [0.4, 0.5) is 8.78 Å². The van der Waals surface area contributed by atoms with E-state index >= 15 is 0 Å². The lowest BCUT2D eigenvalue weighted by Gasteiger charge is -2.04. The predicted molar refractivity (Wildman–Crippen MR) is 46.2 cm³/mol. The van der Waals surface area contributed by atoms with Gasteiger partial charge >= 0.3 is 0 Å². The Kier molecular flexibility index (Phi) is 9.63. The standard InChI is InChI=1S/C8H17F2NO2/c1-12-6-4-11-3-2-5-13-7-8(9)10/h8,11H,2-7H2,1H3. The largest absolute Gasteiger partial charge is 0.383 e. The van der Waals surface area contributed by atoms with Crippen molar-refractivity contribution in [3.8, 4) is 0 Å². The molecule has 0 aliphatic rings. The van der Waals surface area contributed by atoms with E-state index in [1.165, 1.54) is 0 Å². The van der Waals surface area contributed by atoms with Crippen LogP contribution in [0.25, 0.3) is 0 Å². The molecular formula is C8H17F2NO2. The molecule has 0 bridgehead atoms. The Labute approximate surface area is 77.4 Å². The molecule has 0 aliphatic heterocycles. The lowest BCUT2D eigenvalue weighted by atomic mass is 10.4. The molecule has 0 amide bonds. The highest BCUT2D eigenvalue weighted by Crippen LogP contribution is 1.92. The Bertz CT molecular complexity index is 104. The SMILES string of the molecule is COCCNCCCOCC(F)F. The summed E-state index contributed by atoms with van der Waals surface area (Å²) in [7, 11) is 1.63. The van der Waals surface area contributed by atoms with Crippen LogP contribution < -0.4 is 5.32 Å². The third kappa shape index (κ3) is 11.7. The Morgan fingerprint density at radius 1 is 1.23 bits per heavy atom. The molecule has 80 valence electrons. The van der Waals surface area contributed by atoms with Crippen molar-refractivity contribution < 1.29 is 18.3 Å². The first-order valence-corrected chi connectivity index (χ1v) is 4.33. The maximum Gasteiger partial charge on any atom is 0.261 e. The summed E-state index contributed by atoms with van der Waals surface area (Å²) in [5, 5.41) is 3.08. The average molecular weight is 197 g/mol. The van der Waals surface area contributed by atoms with Crippen LogP contribution >= 0.6 is 0 Å². The quantitative estimate of drug-likeness (QED) is 0.557. The molecule has 0 aromatic rings. The van der Waals surface area contributed by atoms with Gasteiger partial charge in [-0.05, 0) is 13.0 Å². The average Bonchev–Trinajstić information content (AvgIpc) is 2.09. The van der Waals surface area contributed by atoms with Crippen LogP contribution in [0.3, 0.4) is 0 Å². The van der Waals surface area contributed by atoms with Gasteiger partial charge in [-0.1, -0.05) is 0 Å². The van der Waals surface area contributed by atoms with Gasteiger partial charge in [-0.15, -0.1) is 0 Å². The maximum atomic E-state index is 11.6. The van der Waals surface area contributed by atoms with Crippen molar-refractivity contribution in [1.29, 1.82) is 0 Å². The fourth-order valence-electron chi connectivity index (χ4n) is 0.771. The van der Waals surface area contributed by atoms with Gasteiger partial charge < -0.3 is 14.8 Å². The highest BCUT2D eigenvalue weighted by atomic mass is 19.3. The van der Waals surface area contributed by atoms with E-state index in [-0.39, 0.29) is 0 Å². The molecule has 0 radical (unpaired) electrons. The molecule has 0 atom stereocenters. The predicted octanol–water partition coefficient (Wildman–Crippen LogP) is 0.894. The molecule has 3 nitrogen and oxygen atoms in total. The molecule has 0 rings (SSSR count). The second-order valence-corrected chi connectivity index (χ2v) is 2.56. The molecule has 0 spiro atoms. The van der Waals surface area contributed by atoms with Gasteiger partial charge in [0.2, 0.25) is 0 Å². The zero-order valence-electron chi connectivity index (χ0n) is 7.89. The van der Waals surface area contributed by atoms with Crippen LogP contribution in [0.5, 0.6) is 0 Å². The summed E-state index contributed by atoms with van der Waals surface area (Å²) < 4.78 is 32.6. The van der Waals surface area contributed by atoms with Gasteiger partial charge in [0, 0.05) is 20.3 Å². The molecule has 0 aromatic carbocycles. The minimum atomic E-state index is -2.36. The number of rotatable bonds is 9. The van der Waals surface area contributed by atoms with E-state index in [2.05, 4.69) is 10.1 Å². The highest BCUT2D eigenvalue weighted by Gasteiger charge is 2.00. The van der Waals surface area contributed by atoms with Crippen LogP contribution in [0.2, 0.25) is 0 Å². The van der Waals surface area contributed by atoms with Gasteiger partial charge in [-0.2, -0.15) is 0 Å². The second kappa shape index (κ2) is 9.83. The number of alkyl halides is 2. The molecule has 0 aromatic heterocycles. The van der Waals surface area contributed by atoms with Crippen molar-refractivity contribution in [1.82, 2.24) is 5.32 Å². The smallest absolute Gasteiger partial charge is 0.261 e. The van der Waals surface area contributed by atoms with Gasteiger partial charge in [0.05, 0.1) is 6.61 Å². The van der Waals surface area contributed by atoms with Crippen LogP contribution in [0.1, 0.15) is 6.42 Å². The number of methoxy groups -OCH3 is 1. The van der Waals surface area contributed by atoms with E-state index in [4.69, 9.17) is 4.74 Å². The van der Waals surface area contributed by atoms with E-state index < -0.39 is 13.0 Å². The van der Waals surface area contributed by atoms with E-state index in [0.29, 0.717) is 13.2 Å². The topological polar surface area (TPSA) is 30.5 Å². The van der Waals surface area contributed by atoms with Crippen LogP contribution in [0, 0.1) is 0 Å². The minimum absolute atomic E-state index is 0.379. The van der Waals surface area contributed by atoms with Crippen molar-refractivity contribution in [2.24, 2.45) is 0 Å². The normalized spacial score (nSPS) is 11.1. The summed E-state index contributed by atoms with van der Waals surface area (Å²) in [6.07, 6.45) is -1.61. The Balaban J connectivity index is 2.84. The molecule has 5 heteroatoms. The Hall–Kier alpha value is -0.260. The van der Waals surface area contributed by atoms with E-state index in [9.17, 15) is 8.78 Å². The Morgan fingerprint density at radius 3 is 2.62 bits per heavy atom. The van der Waals surface area contributed by atoms with Crippen molar-refractivity contribution in [3.05, 3.63) is 0 Å². The number of hydrogen-bond donors (Lipinski definition) is 1. The zero-order valence-corrected chi connectivity index (χ0v) is 7.89. The van der Waals surface area contributed by atoms with E-state index in [1.807, 2.05) is 0 Å². The van der Waals surface area contributed by atoms with E-state index in [0.717, 1.165) is 19.5 Å². The summed E-state index contributed by atoms with van der Waals surface area (Å²) in [6.45, 7) is 2.14. The molecule has 0 saturated heterocycles. The monoisotopic (exact) mass is 197 g/mol. The van der Waals surface area contributed by atoms with Gasteiger partial charge in [-0.3, -0.25) is 0 Å². The summed E-state index contributed by atoms with van der Waals surface area (Å²) >= 11 is 0. The first-order valence-electron chi connectivity index (χ1n) is 4.33. The minimum Gasteiger partial charge on any atom is -0.383 e. The van der Waals surface area contributed by atoms with Gasteiger partial charge in [0.25, 0.3) is 6.43 Å². The highest BCUT2D eigenvalue weighted by molar-refractivity contribution is 4.46. The second-order valence-electron chi connectivity index (χ2n) is 2.56. The fraction of sp³-hybridized carbons (Fsp3) is 1.00. The number of ether oxygens (including phenoxy) is 2. The lowest BCUT2D eigenvalue weighted by molar-refractivity contribution is 0.0167. The number of nitrogens with one attached hydrogen (secondary N) is 1. The van der Waals surface area contributed by atoms with Crippen molar-refractivity contribution in [2.75, 3.05) is 40.0 Å². The van der Waals surface area contributed by atoms with Crippen molar-refractivity contribution in [2.45, 2.75) is 12.8 Å². The maximum absolute atomic E-state index is 11.6. The molecule has 0 fully saturated rings. The first-order chi connectivity index (χ1) is 6.27. The summed E-state index contributed by atoms with van der Waals surface area (Å²) in [5.41, 5.74) is 0. The third-order valence-electron chi connectivity index (χ3n) is 1.37. The molecular weight excluding hydrogens is 180 g/mol. The summed E-state index contributed by atoms with van der Waals surface area (Å²) in [4.78, 5) is 0. The molecule has 1 N–H and O–H groups in total. The summed E-state index contributed by atoms with van der Waals surface area (Å²) in [5.74, 6) is 0. The molecule has 0 saturated carbocycles. The van der Waals surface area contributed by atoms with Gasteiger partial charge in [0.15, 0.2) is 0 Å². The number of hydrogen-bond acceptors (Lipinski definition) is 3. The van der Waals surface area contributed by atoms with Crippen molar-refractivity contribution >= 4 is 0 Å². The summed E-state index contributed by atoms with van der Waals surface area (Å²) in [6, 6.07) is 0. The molecule has 0 unspecified atom stereocenters. The van der Waals surface area contributed by atoms with Gasteiger partial charge in [-0.25, -0.2) is 8.78 Å². The number of halogens is 2. The van der Waals surface area contributed by atoms with E-state index in [1.54, 1.807) is 7.11 Å². The fourth-order valence-corrected chi connectivity index (χ4v) is 0.771. The Morgan fingerprint density at radius 2 is 2.00 bits per heavy atom. The van der Waals surface area contributed by atoms with Crippen LogP contribution in [-0.4, -0.2) is 46.4 Å². The molecule has 0 aliphatic carbocycles. The zero-order chi connectivity index (χ0) is 9.94. The van der Waals surface area contributed by atoms with Crippen molar-refractivity contribution in [3.63, 3.8) is 0 Å². The molecule has 13 heavy (non-hydrogen) atoms. The lowest BCUT2D eigenvalue weighted by Crippen LogP contribution is -2.21. The van der Waals surface area contributed by atoms with Crippen LogP contribution in [-0.2, 0) is 9.47 Å². The van der Waals surface area contributed by atoms with Gasteiger partial charge in [0.1, 0.15) is 6.61 Å². The first kappa shape index (κ1) is 12.7. The molecule has 0 heterocycles. The third-order valence-corrected chi connectivity index (χ3v) is 1.37.